The molecular formula is C32H40N4O5S3. The molecule has 3 fully saturated rings. The minimum atomic E-state index is -3.82. The molecule has 2 aliphatic carbocycles. The summed E-state index contributed by atoms with van der Waals surface area (Å²) >= 11 is 1.76. The predicted octanol–water partition coefficient (Wildman–Crippen LogP) is 4.43. The molecule has 0 atom stereocenters. The molecule has 0 unspecified atom stereocenters. The lowest BCUT2D eigenvalue weighted by Gasteiger charge is -2.39. The fraction of sp³-hybridized carbons (Fsp3) is 0.500. The number of benzene rings is 2. The lowest BCUT2D eigenvalue weighted by molar-refractivity contribution is 0.164. The number of ether oxygens (including phenoxy) is 1. The molecule has 3 aromatic rings. The Morgan fingerprint density at radius 1 is 1.05 bits per heavy atom. The van der Waals surface area contributed by atoms with E-state index in [1.165, 1.54) is 53.4 Å². The molecule has 2 aromatic carbocycles. The van der Waals surface area contributed by atoms with Crippen molar-refractivity contribution in [3.8, 4) is 17.6 Å². The van der Waals surface area contributed by atoms with Crippen molar-refractivity contribution in [3.63, 3.8) is 0 Å². The summed E-state index contributed by atoms with van der Waals surface area (Å²) in [5.41, 5.74) is 3.15. The molecular weight excluding hydrogens is 617 g/mol. The van der Waals surface area contributed by atoms with E-state index < -0.39 is 19.9 Å². The van der Waals surface area contributed by atoms with Gasteiger partial charge in [-0.1, -0.05) is 24.0 Å². The van der Waals surface area contributed by atoms with Gasteiger partial charge in [0.2, 0.25) is 10.0 Å². The molecule has 3 aliphatic rings. The summed E-state index contributed by atoms with van der Waals surface area (Å²) in [6, 6.07) is 11.9. The average molecular weight is 657 g/mol. The molecule has 0 spiro atoms. The lowest BCUT2D eigenvalue weighted by atomic mass is 9.90. The van der Waals surface area contributed by atoms with Gasteiger partial charge in [-0.3, -0.25) is 4.90 Å². The van der Waals surface area contributed by atoms with Crippen molar-refractivity contribution in [2.75, 3.05) is 48.9 Å². The smallest absolute Gasteiger partial charge is 0.238 e. The van der Waals surface area contributed by atoms with E-state index in [1.807, 2.05) is 0 Å². The largest absolute Gasteiger partial charge is 0.495 e. The first kappa shape index (κ1) is 31.2. The first-order chi connectivity index (χ1) is 21.1. The number of nitrogens with two attached hydrogens (primary N) is 1. The van der Waals surface area contributed by atoms with Crippen LogP contribution in [-0.4, -0.2) is 72.1 Å². The number of thiophene rings is 1. The number of nitrogens with zero attached hydrogens (tertiary/aromatic N) is 1. The molecule has 1 aromatic heterocycles. The Hall–Kier alpha value is -2.82. The van der Waals surface area contributed by atoms with E-state index in [2.05, 4.69) is 45.6 Å². The minimum Gasteiger partial charge on any atom is -0.495 e. The van der Waals surface area contributed by atoms with Crippen molar-refractivity contribution < 1.29 is 21.6 Å². The molecule has 12 heteroatoms. The second-order valence-corrected chi connectivity index (χ2v) is 17.0. The Morgan fingerprint density at radius 3 is 2.48 bits per heavy atom. The van der Waals surface area contributed by atoms with Crippen LogP contribution in [-0.2, 0) is 26.3 Å². The van der Waals surface area contributed by atoms with Crippen molar-refractivity contribution in [2.45, 2.75) is 61.9 Å². The van der Waals surface area contributed by atoms with Gasteiger partial charge in [0, 0.05) is 31.2 Å². The maximum absolute atomic E-state index is 11.9. The van der Waals surface area contributed by atoms with Crippen LogP contribution in [0.4, 0.5) is 11.4 Å². The van der Waals surface area contributed by atoms with Crippen molar-refractivity contribution in [2.24, 2.45) is 11.1 Å². The molecule has 4 N–H and O–H groups in total. The Balaban J connectivity index is 1.14. The quantitative estimate of drug-likeness (QED) is 0.289. The molecule has 0 radical (unpaired) electrons. The highest BCUT2D eigenvalue weighted by molar-refractivity contribution is 7.91. The van der Waals surface area contributed by atoms with Gasteiger partial charge in [0.1, 0.15) is 5.75 Å². The van der Waals surface area contributed by atoms with Crippen molar-refractivity contribution in [3.05, 3.63) is 46.8 Å². The fourth-order valence-corrected chi connectivity index (χ4v) is 9.29. The molecule has 0 bridgehead atoms. The fourth-order valence-electron chi connectivity index (χ4n) is 6.35. The number of sulfone groups is 1. The first-order valence-corrected chi connectivity index (χ1v) is 19.5. The van der Waals surface area contributed by atoms with Gasteiger partial charge in [0.25, 0.3) is 0 Å². The van der Waals surface area contributed by atoms with Crippen LogP contribution >= 0.6 is 11.3 Å². The summed E-state index contributed by atoms with van der Waals surface area (Å²) in [7, 11) is -5.19. The van der Waals surface area contributed by atoms with Gasteiger partial charge in [-0.2, -0.15) is 0 Å². The summed E-state index contributed by atoms with van der Waals surface area (Å²) in [6.07, 6.45) is 7.90. The molecule has 9 nitrogen and oxygen atoms in total. The highest BCUT2D eigenvalue weighted by atomic mass is 32.2. The van der Waals surface area contributed by atoms with Crippen LogP contribution < -0.4 is 20.5 Å². The number of hydrogen-bond acceptors (Lipinski definition) is 9. The highest BCUT2D eigenvalue weighted by Crippen LogP contribution is 2.42. The van der Waals surface area contributed by atoms with E-state index in [0.717, 1.165) is 42.9 Å². The number of rotatable bonds is 9. The Morgan fingerprint density at radius 2 is 1.80 bits per heavy atom. The molecule has 1 saturated heterocycles. The van der Waals surface area contributed by atoms with Gasteiger partial charge in [-0.05, 0) is 80.0 Å². The zero-order valence-electron chi connectivity index (χ0n) is 25.0. The summed E-state index contributed by atoms with van der Waals surface area (Å²) < 4.78 is 53.7. The zero-order chi connectivity index (χ0) is 30.9. The van der Waals surface area contributed by atoms with Gasteiger partial charge >= 0.3 is 0 Å². The van der Waals surface area contributed by atoms with E-state index >= 15 is 0 Å². The number of primary sulfonamides is 1. The minimum absolute atomic E-state index is 0.00179. The Bertz CT molecular complexity index is 1780. The summed E-state index contributed by atoms with van der Waals surface area (Å²) in [5.74, 6) is 8.40. The topological polar surface area (TPSA) is 131 Å². The number of nitrogens with one attached hydrogen (secondary N) is 2. The first-order valence-electron chi connectivity index (χ1n) is 15.3. The second kappa shape index (κ2) is 12.9. The number of methoxy groups -OCH3 is 1. The van der Waals surface area contributed by atoms with E-state index in [9.17, 15) is 16.8 Å². The maximum Gasteiger partial charge on any atom is 0.238 e. The van der Waals surface area contributed by atoms with Crippen molar-refractivity contribution in [1.82, 2.24) is 4.90 Å². The van der Waals surface area contributed by atoms with Gasteiger partial charge < -0.3 is 15.4 Å². The standard InChI is InChI=1S/C32H40N4O5S3/c1-41-30-21-25(44(33,39)40)13-14-28(30)34-15-3-6-31-27(20-22-7-8-22)26-4-2-5-29(32(26)42-31)35-23-9-11-24(12-10-23)36-16-18-43(37,38)19-17-36/h2,4-5,13-14,21-24,34-35H,7-12,15-20H2,1H3,(H2,33,39,40). The van der Waals surface area contributed by atoms with Crippen molar-refractivity contribution in [1.29, 1.82) is 0 Å². The van der Waals surface area contributed by atoms with Crippen LogP contribution in [0.1, 0.15) is 49.0 Å². The van der Waals surface area contributed by atoms with Crippen LogP contribution in [0, 0.1) is 17.8 Å². The van der Waals surface area contributed by atoms with Gasteiger partial charge in [-0.15, -0.1) is 11.3 Å². The molecule has 0 amide bonds. The van der Waals surface area contributed by atoms with E-state index in [1.54, 1.807) is 17.4 Å². The van der Waals surface area contributed by atoms with Crippen LogP contribution in [0.15, 0.2) is 41.3 Å². The van der Waals surface area contributed by atoms with E-state index in [-0.39, 0.29) is 4.90 Å². The normalized spacial score (nSPS) is 22.2. The number of fused-ring (bicyclic) bond motifs is 1. The number of anilines is 2. The molecule has 6 rings (SSSR count). The van der Waals surface area contributed by atoms with Crippen LogP contribution in [0.5, 0.6) is 5.75 Å². The summed E-state index contributed by atoms with van der Waals surface area (Å²) in [6.45, 7) is 1.71. The average Bonchev–Trinajstić information content (AvgIpc) is 3.75. The van der Waals surface area contributed by atoms with E-state index in [0.29, 0.717) is 54.7 Å². The molecule has 1 aliphatic heterocycles. The van der Waals surface area contributed by atoms with Crippen LogP contribution in [0.3, 0.4) is 0 Å². The third-order valence-electron chi connectivity index (χ3n) is 9.03. The number of sulfonamides is 1. The molecule has 44 heavy (non-hydrogen) atoms. The highest BCUT2D eigenvalue weighted by Gasteiger charge is 2.31. The second-order valence-electron chi connectivity index (χ2n) is 12.1. The zero-order valence-corrected chi connectivity index (χ0v) is 27.4. The molecule has 2 saturated carbocycles. The lowest BCUT2D eigenvalue weighted by Crippen LogP contribution is -2.48. The number of hydrogen-bond donors (Lipinski definition) is 3. The third kappa shape index (κ3) is 7.35. The predicted molar refractivity (Wildman–Crippen MR) is 178 cm³/mol. The Labute approximate surface area is 264 Å². The van der Waals surface area contributed by atoms with Crippen LogP contribution in [0.25, 0.3) is 10.1 Å². The SMILES string of the molecule is COc1cc(S(N)(=O)=O)ccc1NCC#Cc1sc2c(NC3CCC(N4CCS(=O)(=O)CC4)CC3)cccc2c1CC1CC1. The molecule has 236 valence electrons. The monoisotopic (exact) mass is 656 g/mol. The van der Waals surface area contributed by atoms with Gasteiger partial charge in [0.05, 0.1) is 51.0 Å². The maximum atomic E-state index is 11.9. The van der Waals surface area contributed by atoms with Crippen molar-refractivity contribution >= 4 is 52.7 Å². The molecule has 2 heterocycles. The van der Waals surface area contributed by atoms with Crippen LogP contribution in [0.2, 0.25) is 0 Å². The Kier molecular flexibility index (Phi) is 9.13. The van der Waals surface area contributed by atoms with E-state index in [4.69, 9.17) is 9.88 Å². The third-order valence-corrected chi connectivity index (χ3v) is 12.7. The van der Waals surface area contributed by atoms with Gasteiger partial charge in [0.15, 0.2) is 9.84 Å². The summed E-state index contributed by atoms with van der Waals surface area (Å²) in [4.78, 5) is 3.48. The summed E-state index contributed by atoms with van der Waals surface area (Å²) in [5, 5.41) is 13.6. The van der Waals surface area contributed by atoms with Gasteiger partial charge in [-0.25, -0.2) is 22.0 Å².